The number of imide groups is 1. The Labute approximate surface area is 132 Å². The van der Waals surface area contributed by atoms with Crippen molar-refractivity contribution in [2.24, 2.45) is 0 Å². The van der Waals surface area contributed by atoms with E-state index in [0.29, 0.717) is 12.2 Å². The predicted octanol–water partition coefficient (Wildman–Crippen LogP) is 0.488. The van der Waals surface area contributed by atoms with E-state index in [-0.39, 0.29) is 25.3 Å². The summed E-state index contributed by atoms with van der Waals surface area (Å²) < 4.78 is 5.06. The van der Waals surface area contributed by atoms with E-state index in [1.54, 1.807) is 19.2 Å². The van der Waals surface area contributed by atoms with Gasteiger partial charge < -0.3 is 9.64 Å². The van der Waals surface area contributed by atoms with Gasteiger partial charge in [0.15, 0.2) is 0 Å². The van der Waals surface area contributed by atoms with Gasteiger partial charge in [-0.05, 0) is 17.2 Å². The number of rotatable bonds is 3. The van der Waals surface area contributed by atoms with Crippen LogP contribution in [0, 0.1) is 11.3 Å². The minimum atomic E-state index is -1.63. The molecule has 7 heteroatoms. The third-order valence-corrected chi connectivity index (χ3v) is 4.28. The molecule has 2 aliphatic heterocycles. The second-order valence-electron chi connectivity index (χ2n) is 5.67. The van der Waals surface area contributed by atoms with E-state index >= 15 is 0 Å². The van der Waals surface area contributed by atoms with Crippen molar-refractivity contribution in [3.05, 3.63) is 34.9 Å². The van der Waals surface area contributed by atoms with Crippen LogP contribution in [0.3, 0.4) is 0 Å². The first-order valence-corrected chi connectivity index (χ1v) is 7.20. The largest absolute Gasteiger partial charge is 0.380 e. The van der Waals surface area contributed by atoms with Crippen LogP contribution < -0.4 is 5.32 Å². The fourth-order valence-corrected chi connectivity index (χ4v) is 3.04. The van der Waals surface area contributed by atoms with Gasteiger partial charge in [0.05, 0.1) is 6.61 Å². The Hall–Kier alpha value is -2.72. The van der Waals surface area contributed by atoms with Crippen molar-refractivity contribution in [1.82, 2.24) is 10.2 Å². The van der Waals surface area contributed by atoms with Crippen LogP contribution >= 0.6 is 0 Å². The quantitative estimate of drug-likeness (QED) is 0.819. The van der Waals surface area contributed by atoms with Crippen molar-refractivity contribution in [3.8, 4) is 6.07 Å². The van der Waals surface area contributed by atoms with E-state index in [2.05, 4.69) is 5.32 Å². The summed E-state index contributed by atoms with van der Waals surface area (Å²) in [7, 11) is 1.56. The molecule has 0 bridgehead atoms. The highest BCUT2D eigenvalue weighted by Crippen LogP contribution is 2.34. The van der Waals surface area contributed by atoms with E-state index in [4.69, 9.17) is 4.74 Å². The van der Waals surface area contributed by atoms with Crippen molar-refractivity contribution in [1.29, 1.82) is 5.26 Å². The van der Waals surface area contributed by atoms with Gasteiger partial charge in [-0.15, -0.1) is 0 Å². The number of carbonyl (C=O) groups is 3. The average molecular weight is 313 g/mol. The SMILES string of the molecule is COCc1ccc2c(c1)C(=O)N([C@]1(C#N)CCC(=O)NC1=O)C2. The molecular formula is C16H15N3O4. The van der Waals surface area contributed by atoms with Crippen molar-refractivity contribution in [2.45, 2.75) is 31.5 Å². The number of methoxy groups -OCH3 is 1. The van der Waals surface area contributed by atoms with Gasteiger partial charge in [-0.3, -0.25) is 19.7 Å². The Bertz CT molecular complexity index is 752. The van der Waals surface area contributed by atoms with Gasteiger partial charge in [0.1, 0.15) is 6.07 Å². The Morgan fingerprint density at radius 3 is 2.83 bits per heavy atom. The molecule has 0 saturated carbocycles. The first-order valence-electron chi connectivity index (χ1n) is 7.20. The summed E-state index contributed by atoms with van der Waals surface area (Å²) in [6.07, 6.45) is 0.0488. The zero-order valence-corrected chi connectivity index (χ0v) is 12.6. The molecule has 2 heterocycles. The summed E-state index contributed by atoms with van der Waals surface area (Å²) in [6.45, 7) is 0.551. The van der Waals surface area contributed by atoms with Crippen LogP contribution in [0.2, 0.25) is 0 Å². The molecule has 1 saturated heterocycles. The molecule has 1 N–H and O–H groups in total. The van der Waals surface area contributed by atoms with Gasteiger partial charge in [0, 0.05) is 32.1 Å². The van der Waals surface area contributed by atoms with E-state index in [1.165, 1.54) is 4.90 Å². The van der Waals surface area contributed by atoms with Gasteiger partial charge >= 0.3 is 0 Å². The first-order chi connectivity index (χ1) is 11.0. The summed E-state index contributed by atoms with van der Waals surface area (Å²) in [5.41, 5.74) is 0.439. The Balaban J connectivity index is 1.96. The summed E-state index contributed by atoms with van der Waals surface area (Å²) in [5, 5.41) is 11.7. The first kappa shape index (κ1) is 15.2. The van der Waals surface area contributed by atoms with Gasteiger partial charge in [0.2, 0.25) is 11.4 Å². The number of amides is 3. The molecular weight excluding hydrogens is 298 g/mol. The van der Waals surface area contributed by atoms with Gasteiger partial charge in [0.25, 0.3) is 11.8 Å². The number of hydrogen-bond donors (Lipinski definition) is 1. The number of piperidine rings is 1. The predicted molar refractivity (Wildman–Crippen MR) is 77.8 cm³/mol. The maximum atomic E-state index is 12.7. The molecule has 1 atom stereocenters. The summed E-state index contributed by atoms with van der Waals surface area (Å²) in [6, 6.07) is 7.33. The highest BCUT2D eigenvalue weighted by Gasteiger charge is 2.52. The molecule has 0 aromatic heterocycles. The molecule has 1 fully saturated rings. The Kier molecular flexibility index (Phi) is 3.62. The number of nitrogens with zero attached hydrogens (tertiary/aromatic N) is 2. The zero-order valence-electron chi connectivity index (χ0n) is 12.6. The topological polar surface area (TPSA) is 99.5 Å². The van der Waals surface area contributed by atoms with Crippen molar-refractivity contribution in [2.75, 3.05) is 7.11 Å². The normalized spacial score (nSPS) is 23.5. The van der Waals surface area contributed by atoms with Crippen LogP contribution in [0.4, 0.5) is 0 Å². The Morgan fingerprint density at radius 2 is 2.17 bits per heavy atom. The van der Waals surface area contributed by atoms with Crippen molar-refractivity contribution in [3.63, 3.8) is 0 Å². The molecule has 0 spiro atoms. The zero-order chi connectivity index (χ0) is 16.6. The summed E-state index contributed by atoms with van der Waals surface area (Å²) in [5.74, 6) is -1.52. The average Bonchev–Trinajstić information content (AvgIpc) is 2.86. The third-order valence-electron chi connectivity index (χ3n) is 4.28. The second kappa shape index (κ2) is 5.48. The fourth-order valence-electron chi connectivity index (χ4n) is 3.04. The van der Waals surface area contributed by atoms with E-state index in [1.807, 2.05) is 12.1 Å². The lowest BCUT2D eigenvalue weighted by molar-refractivity contribution is -0.140. The second-order valence-corrected chi connectivity index (χ2v) is 5.67. The molecule has 3 amide bonds. The van der Waals surface area contributed by atoms with E-state index in [9.17, 15) is 19.6 Å². The van der Waals surface area contributed by atoms with Crippen LogP contribution in [0.5, 0.6) is 0 Å². The molecule has 23 heavy (non-hydrogen) atoms. The molecule has 1 aromatic rings. The number of ether oxygens (including phenoxy) is 1. The molecule has 1 aromatic carbocycles. The lowest BCUT2D eigenvalue weighted by atomic mass is 9.88. The molecule has 0 radical (unpaired) electrons. The van der Waals surface area contributed by atoms with Crippen molar-refractivity contribution >= 4 is 17.7 Å². The van der Waals surface area contributed by atoms with Gasteiger partial charge in [-0.2, -0.15) is 5.26 Å². The monoisotopic (exact) mass is 313 g/mol. The number of hydrogen-bond acceptors (Lipinski definition) is 5. The maximum absolute atomic E-state index is 12.7. The highest BCUT2D eigenvalue weighted by atomic mass is 16.5. The minimum Gasteiger partial charge on any atom is -0.380 e. The number of nitrogens with one attached hydrogen (secondary N) is 1. The number of benzene rings is 1. The molecule has 7 nitrogen and oxygen atoms in total. The maximum Gasteiger partial charge on any atom is 0.267 e. The smallest absolute Gasteiger partial charge is 0.267 e. The number of fused-ring (bicyclic) bond motifs is 1. The van der Waals surface area contributed by atoms with Crippen LogP contribution in [0.25, 0.3) is 0 Å². The van der Waals surface area contributed by atoms with Crippen LogP contribution in [0.15, 0.2) is 18.2 Å². The van der Waals surface area contributed by atoms with Gasteiger partial charge in [-0.1, -0.05) is 12.1 Å². The third kappa shape index (κ3) is 2.28. The Morgan fingerprint density at radius 1 is 1.39 bits per heavy atom. The lowest BCUT2D eigenvalue weighted by Crippen LogP contribution is -2.62. The summed E-state index contributed by atoms with van der Waals surface area (Å²) in [4.78, 5) is 37.6. The van der Waals surface area contributed by atoms with Crippen LogP contribution in [-0.2, 0) is 27.5 Å². The van der Waals surface area contributed by atoms with E-state index in [0.717, 1.165) is 11.1 Å². The molecule has 118 valence electrons. The minimum absolute atomic E-state index is 0.0127. The number of nitriles is 1. The van der Waals surface area contributed by atoms with Crippen molar-refractivity contribution < 1.29 is 19.1 Å². The summed E-state index contributed by atoms with van der Waals surface area (Å²) >= 11 is 0. The lowest BCUT2D eigenvalue weighted by Gasteiger charge is -2.36. The fraction of sp³-hybridized carbons (Fsp3) is 0.375. The molecule has 2 aliphatic rings. The van der Waals surface area contributed by atoms with Crippen LogP contribution in [-0.4, -0.2) is 35.3 Å². The molecule has 0 unspecified atom stereocenters. The number of carbonyl (C=O) groups excluding carboxylic acids is 3. The molecule has 0 aliphatic carbocycles. The highest BCUT2D eigenvalue weighted by molar-refractivity contribution is 6.09. The van der Waals surface area contributed by atoms with E-state index < -0.39 is 17.4 Å². The molecule has 3 rings (SSSR count). The van der Waals surface area contributed by atoms with Crippen LogP contribution in [0.1, 0.15) is 34.3 Å². The van der Waals surface area contributed by atoms with Gasteiger partial charge in [-0.25, -0.2) is 0 Å². The standard InChI is InChI=1S/C16H15N3O4/c1-23-8-10-2-3-11-7-19(14(21)12(11)6-10)16(9-17)5-4-13(20)18-15(16)22/h2-3,6H,4-5,7-8H2,1H3,(H,18,20,22)/t16-/m0/s1.